The predicted molar refractivity (Wildman–Crippen MR) is 203 cm³/mol. The predicted octanol–water partition coefficient (Wildman–Crippen LogP) is 7.45. The van der Waals surface area contributed by atoms with Crippen molar-refractivity contribution in [2.24, 2.45) is 17.3 Å². The van der Waals surface area contributed by atoms with Crippen LogP contribution in [-0.2, 0) is 16.1 Å². The van der Waals surface area contributed by atoms with Gasteiger partial charge in [-0.2, -0.15) is 11.8 Å². The van der Waals surface area contributed by atoms with E-state index in [0.29, 0.717) is 18.2 Å². The van der Waals surface area contributed by atoms with Gasteiger partial charge >= 0.3 is 0 Å². The summed E-state index contributed by atoms with van der Waals surface area (Å²) in [7, 11) is 0. The minimum absolute atomic E-state index is 0.0786. The van der Waals surface area contributed by atoms with Gasteiger partial charge in [0.1, 0.15) is 0 Å². The van der Waals surface area contributed by atoms with Gasteiger partial charge in [-0.15, -0.1) is 0 Å². The third-order valence-corrected chi connectivity index (χ3v) is 13.6. The zero-order valence-electron chi connectivity index (χ0n) is 30.5. The van der Waals surface area contributed by atoms with Crippen molar-refractivity contribution in [2.45, 2.75) is 104 Å². The lowest BCUT2D eigenvalue weighted by Crippen LogP contribution is -2.61. The molecule has 0 radical (unpaired) electrons. The minimum Gasteiger partial charge on any atom is -0.379 e. The molecule has 1 aliphatic carbocycles. The van der Waals surface area contributed by atoms with Crippen LogP contribution in [0, 0.1) is 24.2 Å². The molecule has 7 nitrogen and oxygen atoms in total. The first-order valence-electron chi connectivity index (χ1n) is 19.3. The van der Waals surface area contributed by atoms with Crippen molar-refractivity contribution >= 4 is 29.3 Å². The van der Waals surface area contributed by atoms with E-state index in [1.807, 2.05) is 11.8 Å². The largest absolute Gasteiger partial charge is 0.379 e. The van der Waals surface area contributed by atoms with E-state index in [9.17, 15) is 9.59 Å². The standard InChI is InChI=1S/C41H60N4O3S/c1-5-45(35-15-23-49-24-16-35)38-26-34(33-13-11-32(12-14-33)28-44-19-21-48-22-20-44)25-36(29(38)2)39(46)42-27-37-30(3)41(31(4)43-40(37)47)17-9-7-6-8-10-18-41/h11-14,25-26,30-31,35,37H,5-10,15-24,27-28H2,1-4H3,(H,42,46)(H,43,47). The average molecular weight is 689 g/mol. The van der Waals surface area contributed by atoms with Gasteiger partial charge in [-0.1, -0.05) is 63.3 Å². The van der Waals surface area contributed by atoms with Crippen molar-refractivity contribution in [3.05, 3.63) is 53.1 Å². The van der Waals surface area contributed by atoms with Crippen LogP contribution in [0.25, 0.3) is 11.1 Å². The first-order chi connectivity index (χ1) is 23.8. The second-order valence-corrected chi connectivity index (χ2v) is 16.4. The van der Waals surface area contributed by atoms with Gasteiger partial charge in [-0.3, -0.25) is 14.5 Å². The molecule has 0 aromatic heterocycles. The second kappa shape index (κ2) is 16.6. The van der Waals surface area contributed by atoms with Gasteiger partial charge < -0.3 is 20.3 Å². The van der Waals surface area contributed by atoms with Crippen LogP contribution in [-0.4, -0.2) is 79.7 Å². The number of nitrogens with one attached hydrogen (secondary N) is 2. The Hall–Kier alpha value is -2.55. The molecule has 4 fully saturated rings. The Balaban J connectivity index is 1.26. The van der Waals surface area contributed by atoms with Gasteiger partial charge in [-0.05, 0) is 104 Å². The lowest BCUT2D eigenvalue weighted by Gasteiger charge is -2.52. The van der Waals surface area contributed by atoms with E-state index >= 15 is 0 Å². The van der Waals surface area contributed by atoms with Crippen LogP contribution < -0.4 is 15.5 Å². The molecule has 2 amide bonds. The Morgan fingerprint density at radius 1 is 1.00 bits per heavy atom. The third-order valence-electron chi connectivity index (χ3n) is 12.5. The Labute approximate surface area is 299 Å². The van der Waals surface area contributed by atoms with Crippen molar-refractivity contribution in [2.75, 3.05) is 55.8 Å². The molecule has 49 heavy (non-hydrogen) atoms. The summed E-state index contributed by atoms with van der Waals surface area (Å²) in [6.07, 6.45) is 11.0. The fraction of sp³-hybridized carbons (Fsp3) is 0.659. The number of carbonyl (C=O) groups excluding carboxylic acids is 2. The van der Waals surface area contributed by atoms with E-state index < -0.39 is 0 Å². The fourth-order valence-electron chi connectivity index (χ4n) is 9.35. The smallest absolute Gasteiger partial charge is 0.251 e. The highest BCUT2D eigenvalue weighted by Crippen LogP contribution is 2.49. The van der Waals surface area contributed by atoms with E-state index in [1.165, 1.54) is 49.2 Å². The van der Waals surface area contributed by atoms with Gasteiger partial charge in [0.05, 0.1) is 19.1 Å². The molecule has 1 saturated carbocycles. The summed E-state index contributed by atoms with van der Waals surface area (Å²) in [5.74, 6) is 2.36. The van der Waals surface area contributed by atoms with Crippen molar-refractivity contribution in [3.63, 3.8) is 0 Å². The topological polar surface area (TPSA) is 73.9 Å². The van der Waals surface area contributed by atoms with Gasteiger partial charge in [-0.25, -0.2) is 0 Å². The molecule has 2 aromatic rings. The second-order valence-electron chi connectivity index (χ2n) is 15.2. The maximum absolute atomic E-state index is 14.3. The molecule has 3 atom stereocenters. The zero-order valence-corrected chi connectivity index (χ0v) is 31.3. The summed E-state index contributed by atoms with van der Waals surface area (Å²) in [5.41, 5.74) is 6.48. The van der Waals surface area contributed by atoms with E-state index in [1.54, 1.807) is 0 Å². The van der Waals surface area contributed by atoms with Crippen LogP contribution in [0.4, 0.5) is 5.69 Å². The summed E-state index contributed by atoms with van der Waals surface area (Å²) < 4.78 is 5.54. The normalized spacial score (nSPS) is 25.3. The van der Waals surface area contributed by atoms with Crippen molar-refractivity contribution in [3.8, 4) is 11.1 Å². The number of piperidine rings is 1. The van der Waals surface area contributed by atoms with Gasteiger partial charge in [0, 0.05) is 56.1 Å². The highest BCUT2D eigenvalue weighted by Gasteiger charge is 2.50. The number of hydrogen-bond donors (Lipinski definition) is 2. The van der Waals surface area contributed by atoms with Crippen LogP contribution in [0.3, 0.4) is 0 Å². The number of rotatable bonds is 9. The Bertz CT molecular complexity index is 1410. The molecule has 2 N–H and O–H groups in total. The highest BCUT2D eigenvalue weighted by molar-refractivity contribution is 7.99. The van der Waals surface area contributed by atoms with Gasteiger partial charge in [0.2, 0.25) is 5.91 Å². The summed E-state index contributed by atoms with van der Waals surface area (Å²) in [5, 5.41) is 6.66. The van der Waals surface area contributed by atoms with Crippen LogP contribution in [0.5, 0.6) is 0 Å². The maximum Gasteiger partial charge on any atom is 0.251 e. The molecule has 8 heteroatoms. The third kappa shape index (κ3) is 8.18. The molecule has 3 heterocycles. The summed E-state index contributed by atoms with van der Waals surface area (Å²) in [4.78, 5) is 32.7. The fourth-order valence-corrected chi connectivity index (χ4v) is 10.4. The van der Waals surface area contributed by atoms with E-state index in [-0.39, 0.29) is 35.1 Å². The molecular weight excluding hydrogens is 629 g/mol. The Morgan fingerprint density at radius 3 is 2.35 bits per heavy atom. The molecule has 3 unspecified atom stereocenters. The van der Waals surface area contributed by atoms with E-state index in [0.717, 1.165) is 87.5 Å². The average Bonchev–Trinajstić information content (AvgIpc) is 3.10. The van der Waals surface area contributed by atoms with Crippen LogP contribution in [0.1, 0.15) is 100 Å². The molecule has 3 saturated heterocycles. The van der Waals surface area contributed by atoms with Gasteiger partial charge in [0.15, 0.2) is 0 Å². The number of amides is 2. The number of ether oxygens (including phenoxy) is 1. The summed E-state index contributed by atoms with van der Waals surface area (Å²) >= 11 is 2.04. The summed E-state index contributed by atoms with van der Waals surface area (Å²) in [6, 6.07) is 13.9. The van der Waals surface area contributed by atoms with Crippen molar-refractivity contribution < 1.29 is 14.3 Å². The number of carbonyl (C=O) groups is 2. The van der Waals surface area contributed by atoms with E-state index in [2.05, 4.69) is 84.5 Å². The number of hydrogen-bond acceptors (Lipinski definition) is 6. The lowest BCUT2D eigenvalue weighted by atomic mass is 9.58. The SMILES string of the molecule is CCN(c1cc(-c2ccc(CN3CCOCC3)cc2)cc(C(=O)NCC2C(=O)NC(C)C3(CCCCCCC3)C2C)c1C)C1CCSCC1. The van der Waals surface area contributed by atoms with Crippen LogP contribution in [0.15, 0.2) is 36.4 Å². The number of thioether (sulfide) groups is 1. The Kier molecular flexibility index (Phi) is 12.3. The molecule has 268 valence electrons. The van der Waals surface area contributed by atoms with E-state index in [4.69, 9.17) is 4.74 Å². The first kappa shape index (κ1) is 36.2. The number of morpholine rings is 1. The lowest BCUT2D eigenvalue weighted by molar-refractivity contribution is -0.137. The summed E-state index contributed by atoms with van der Waals surface area (Å²) in [6.45, 7) is 14.6. The van der Waals surface area contributed by atoms with Crippen LogP contribution >= 0.6 is 11.8 Å². The monoisotopic (exact) mass is 688 g/mol. The highest BCUT2D eigenvalue weighted by atomic mass is 32.2. The number of nitrogens with zero attached hydrogens (tertiary/aromatic N) is 2. The first-order valence-corrected chi connectivity index (χ1v) is 20.4. The van der Waals surface area contributed by atoms with Crippen LogP contribution in [0.2, 0.25) is 0 Å². The maximum atomic E-state index is 14.3. The molecule has 0 bridgehead atoms. The molecule has 4 aliphatic rings. The minimum atomic E-state index is -0.228. The number of benzene rings is 2. The molecular formula is C41H60N4O3S. The van der Waals surface area contributed by atoms with Crippen molar-refractivity contribution in [1.82, 2.24) is 15.5 Å². The van der Waals surface area contributed by atoms with Crippen molar-refractivity contribution in [1.29, 1.82) is 0 Å². The molecule has 3 aliphatic heterocycles. The number of anilines is 1. The van der Waals surface area contributed by atoms with Gasteiger partial charge in [0.25, 0.3) is 5.91 Å². The zero-order chi connectivity index (χ0) is 34.4. The quantitative estimate of drug-likeness (QED) is 0.285. The molecule has 2 aromatic carbocycles. The Morgan fingerprint density at radius 2 is 1.67 bits per heavy atom. The molecule has 1 spiro atoms. The molecule has 6 rings (SSSR count).